The van der Waals surface area contributed by atoms with E-state index in [9.17, 15) is 0 Å². The Morgan fingerprint density at radius 2 is 1.06 bits per heavy atom. The zero-order valence-corrected chi connectivity index (χ0v) is 25.4. The third kappa shape index (κ3) is 10.3. The molecule has 0 aliphatic heterocycles. The van der Waals surface area contributed by atoms with Crippen molar-refractivity contribution in [3.63, 3.8) is 0 Å². The van der Waals surface area contributed by atoms with Crippen molar-refractivity contribution in [2.45, 2.75) is 58.3 Å². The summed E-state index contributed by atoms with van der Waals surface area (Å²) in [7, 11) is 9.87. The molecule has 4 atom stereocenters. The van der Waals surface area contributed by atoms with Gasteiger partial charge in [0.05, 0.1) is 0 Å². The Morgan fingerprint density at radius 1 is 0.676 bits per heavy atom. The quantitative estimate of drug-likeness (QED) is 0.305. The van der Waals surface area contributed by atoms with Crippen molar-refractivity contribution in [2.75, 3.05) is 0 Å². The Morgan fingerprint density at radius 3 is 1.44 bits per heavy atom. The Labute approximate surface area is 229 Å². The fourth-order valence-corrected chi connectivity index (χ4v) is 6.04. The molecule has 3 heteroatoms. The van der Waals surface area contributed by atoms with E-state index >= 15 is 0 Å². The average Bonchev–Trinajstić information content (AvgIpc) is 3.43. The maximum atomic E-state index is 4.93. The van der Waals surface area contributed by atoms with Crippen molar-refractivity contribution in [3.05, 3.63) is 99.4 Å². The minimum absolute atomic E-state index is 0. The normalized spacial score (nSPS) is 29.1. The third-order valence-corrected chi connectivity index (χ3v) is 7.56. The van der Waals surface area contributed by atoms with Gasteiger partial charge in [-0.1, -0.05) is 98.7 Å². The Balaban J connectivity index is 0.000000301. The summed E-state index contributed by atoms with van der Waals surface area (Å²) in [6, 6.07) is 10.9. The van der Waals surface area contributed by atoms with Crippen molar-refractivity contribution < 1.29 is 20.8 Å². The molecule has 34 heavy (non-hydrogen) atoms. The molecule has 0 heterocycles. The molecule has 5 rings (SSSR count). The summed E-state index contributed by atoms with van der Waals surface area (Å²) in [5, 5.41) is 0. The number of aryl methyl sites for hydroxylation is 1. The van der Waals surface area contributed by atoms with Gasteiger partial charge in [-0.3, -0.25) is 0 Å². The molecular weight excluding hydrogens is 534 g/mol. The van der Waals surface area contributed by atoms with Crippen molar-refractivity contribution in [1.29, 1.82) is 0 Å². The fourth-order valence-electron chi connectivity index (χ4n) is 6.04. The molecule has 186 valence electrons. The van der Waals surface area contributed by atoms with Crippen LogP contribution in [0.4, 0.5) is 0 Å². The Hall–Kier alpha value is -0.357. The summed E-state index contributed by atoms with van der Waals surface area (Å²) in [5.74, 6) is 5.37. The van der Waals surface area contributed by atoms with Gasteiger partial charge in [-0.15, -0.1) is 0 Å². The van der Waals surface area contributed by atoms with E-state index in [1.165, 1.54) is 56.9 Å². The average molecular weight is 579 g/mol. The minimum atomic E-state index is -0.826. The predicted molar refractivity (Wildman–Crippen MR) is 150 cm³/mol. The molecule has 4 unspecified atom stereocenters. The zero-order valence-electron chi connectivity index (χ0n) is 21.4. The van der Waals surface area contributed by atoms with Crippen LogP contribution in [0.15, 0.2) is 78.9 Å². The molecular formula is C31H44Cl2Zr. The second-order valence-electron chi connectivity index (χ2n) is 9.75. The summed E-state index contributed by atoms with van der Waals surface area (Å²) < 4.78 is 0. The molecule has 0 amide bonds. The number of fused-ring (bicyclic) bond motifs is 2. The first-order valence-electron chi connectivity index (χ1n) is 12.4. The summed E-state index contributed by atoms with van der Waals surface area (Å²) in [6.45, 7) is 2.30. The van der Waals surface area contributed by atoms with Crippen LogP contribution < -0.4 is 0 Å². The summed E-state index contributed by atoms with van der Waals surface area (Å²) >= 11 is -0.826. The van der Waals surface area contributed by atoms with E-state index in [1.54, 1.807) is 0 Å². The molecule has 0 bridgehead atoms. The summed E-state index contributed by atoms with van der Waals surface area (Å²) in [6.07, 6.45) is 29.6. The van der Waals surface area contributed by atoms with Gasteiger partial charge >= 0.3 is 37.9 Å². The van der Waals surface area contributed by atoms with E-state index < -0.39 is 20.8 Å². The molecule has 1 aromatic rings. The van der Waals surface area contributed by atoms with Crippen LogP contribution in [0.25, 0.3) is 0 Å². The van der Waals surface area contributed by atoms with Crippen LogP contribution in [0.2, 0.25) is 0 Å². The van der Waals surface area contributed by atoms with Gasteiger partial charge in [-0.05, 0) is 79.6 Å². The van der Waals surface area contributed by atoms with E-state index in [4.69, 9.17) is 17.0 Å². The van der Waals surface area contributed by atoms with Crippen LogP contribution in [-0.2, 0) is 27.3 Å². The molecule has 4 aliphatic rings. The number of allylic oxidation sites excluding steroid dienone is 8. The topological polar surface area (TPSA) is 0 Å². The molecule has 1 aromatic carbocycles. The SMILES string of the molecule is C1=CC2CC(CCc3ccccc3)CC2C=C1.CCCC1CC2C=CC=CC2C1.[CH3-].[CH3-].[Cl][Zr+2][Cl]. The first kappa shape index (κ1) is 31.7. The monoisotopic (exact) mass is 576 g/mol. The van der Waals surface area contributed by atoms with E-state index in [0.29, 0.717) is 0 Å². The number of rotatable bonds is 5. The molecule has 0 radical (unpaired) electrons. The molecule has 0 N–H and O–H groups in total. The van der Waals surface area contributed by atoms with Crippen LogP contribution in [0.3, 0.4) is 0 Å². The van der Waals surface area contributed by atoms with Gasteiger partial charge in [0.2, 0.25) is 0 Å². The summed E-state index contributed by atoms with van der Waals surface area (Å²) in [5.41, 5.74) is 1.49. The second kappa shape index (κ2) is 18.0. The standard InChI is InChI=1S/C17H20.C12H18.2CH3.2ClH.Zr/c1-2-6-14(7-3-1)10-11-15-12-16-8-4-5-9-17(16)13-15;1-2-5-10-8-11-6-3-4-7-12(11)9-10;;;;;/h1-9,15-17H,10-13H2;3-4,6-7,10-12H,2,5,8-9H2,1H3;2*1H3;2*1H;/q;;2*-1;;;+4/p-2. The van der Waals surface area contributed by atoms with Crippen LogP contribution in [0, 0.1) is 50.4 Å². The van der Waals surface area contributed by atoms with Gasteiger partial charge in [0.15, 0.2) is 0 Å². The van der Waals surface area contributed by atoms with Gasteiger partial charge in [0.25, 0.3) is 0 Å². The van der Waals surface area contributed by atoms with E-state index in [1.807, 2.05) is 0 Å². The maximum absolute atomic E-state index is 4.93. The van der Waals surface area contributed by atoms with Crippen LogP contribution in [0.1, 0.15) is 57.4 Å². The fraction of sp³-hybridized carbons (Fsp3) is 0.484. The van der Waals surface area contributed by atoms with Crippen LogP contribution in [0.5, 0.6) is 0 Å². The molecule has 0 saturated heterocycles. The number of halogens is 2. The molecule has 0 aromatic heterocycles. The number of benzene rings is 1. The van der Waals surface area contributed by atoms with E-state index in [2.05, 4.69) is 85.9 Å². The third-order valence-electron chi connectivity index (χ3n) is 7.56. The van der Waals surface area contributed by atoms with Crippen molar-refractivity contribution in [1.82, 2.24) is 0 Å². The molecule has 2 saturated carbocycles. The molecule has 2 fully saturated rings. The Bertz CT molecular complexity index is 727. The first-order valence-corrected chi connectivity index (χ1v) is 18.8. The van der Waals surface area contributed by atoms with Gasteiger partial charge in [-0.2, -0.15) is 0 Å². The molecule has 0 spiro atoms. The number of hydrogen-bond donors (Lipinski definition) is 0. The first-order chi connectivity index (χ1) is 15.7. The predicted octanol–water partition coefficient (Wildman–Crippen LogP) is 10.2. The van der Waals surface area contributed by atoms with Crippen LogP contribution >= 0.6 is 17.0 Å². The van der Waals surface area contributed by atoms with Crippen molar-refractivity contribution in [2.24, 2.45) is 35.5 Å². The van der Waals surface area contributed by atoms with Crippen molar-refractivity contribution >= 4 is 17.0 Å². The van der Waals surface area contributed by atoms with Crippen LogP contribution in [-0.4, -0.2) is 0 Å². The summed E-state index contributed by atoms with van der Waals surface area (Å²) in [4.78, 5) is 0. The van der Waals surface area contributed by atoms with Gasteiger partial charge in [0.1, 0.15) is 0 Å². The Kier molecular flexibility index (Phi) is 16.7. The number of hydrogen-bond acceptors (Lipinski definition) is 0. The molecule has 4 aliphatic carbocycles. The van der Waals surface area contributed by atoms with Crippen molar-refractivity contribution in [3.8, 4) is 0 Å². The van der Waals surface area contributed by atoms with Gasteiger partial charge in [-0.25, -0.2) is 0 Å². The van der Waals surface area contributed by atoms with E-state index in [-0.39, 0.29) is 14.9 Å². The van der Waals surface area contributed by atoms with Gasteiger partial charge in [0, 0.05) is 0 Å². The van der Waals surface area contributed by atoms with E-state index in [0.717, 1.165) is 35.5 Å². The molecule has 0 nitrogen and oxygen atoms in total. The zero-order chi connectivity index (χ0) is 22.6. The van der Waals surface area contributed by atoms with Gasteiger partial charge < -0.3 is 14.9 Å². The second-order valence-corrected chi connectivity index (χ2v) is 13.5.